The number of amides is 1. The molecule has 1 unspecified atom stereocenters. The highest BCUT2D eigenvalue weighted by Crippen LogP contribution is 2.21. The highest BCUT2D eigenvalue weighted by atomic mass is 16.2. The summed E-state index contributed by atoms with van der Waals surface area (Å²) in [5.41, 5.74) is 3.77. The Bertz CT molecular complexity index is 892. The maximum Gasteiger partial charge on any atom is 0.273 e. The topological polar surface area (TPSA) is 84.7 Å². The van der Waals surface area contributed by atoms with E-state index in [-0.39, 0.29) is 11.9 Å². The van der Waals surface area contributed by atoms with Gasteiger partial charge in [0.25, 0.3) is 5.91 Å². The normalized spacial score (nSPS) is 16.1. The summed E-state index contributed by atoms with van der Waals surface area (Å²) in [5.74, 6) is -0.220. The number of benzene rings is 1. The van der Waals surface area contributed by atoms with Crippen molar-refractivity contribution in [2.45, 2.75) is 19.0 Å². The Kier molecular flexibility index (Phi) is 4.70. The number of hydrogen-bond donors (Lipinski definition) is 2. The molecule has 0 radical (unpaired) electrons. The summed E-state index contributed by atoms with van der Waals surface area (Å²) in [6.07, 6.45) is 4.39. The Morgan fingerprint density at radius 1 is 1.23 bits per heavy atom. The molecule has 1 aliphatic heterocycles. The first kappa shape index (κ1) is 16.4. The standard InChI is InChI=1S/C19H20N6O/c26-19(18-13-25(24-23-18)12-15-6-3-4-9-20-15)22-11-17-16-7-2-1-5-14(16)8-10-21-17/h1-7,9,13,17,21H,8,10-12H2,(H,22,26). The Morgan fingerprint density at radius 2 is 2.12 bits per heavy atom. The Hall–Kier alpha value is -3.06. The van der Waals surface area contributed by atoms with Gasteiger partial charge < -0.3 is 10.6 Å². The van der Waals surface area contributed by atoms with Gasteiger partial charge in [-0.1, -0.05) is 35.5 Å². The van der Waals surface area contributed by atoms with Crippen molar-refractivity contribution in [3.05, 3.63) is 77.4 Å². The molecular formula is C19H20N6O. The molecule has 1 amide bonds. The van der Waals surface area contributed by atoms with Crippen molar-refractivity contribution < 1.29 is 4.79 Å². The Morgan fingerprint density at radius 3 is 3.00 bits per heavy atom. The van der Waals surface area contributed by atoms with E-state index in [0.717, 1.165) is 18.7 Å². The van der Waals surface area contributed by atoms with Crippen LogP contribution in [0.1, 0.15) is 33.4 Å². The molecular weight excluding hydrogens is 328 g/mol. The predicted octanol–water partition coefficient (Wildman–Crippen LogP) is 1.34. The molecule has 0 fully saturated rings. The quantitative estimate of drug-likeness (QED) is 0.727. The van der Waals surface area contributed by atoms with E-state index in [4.69, 9.17) is 0 Å². The van der Waals surface area contributed by atoms with Crippen LogP contribution < -0.4 is 10.6 Å². The second-order valence-electron chi connectivity index (χ2n) is 6.29. The number of aromatic nitrogens is 4. The first-order valence-electron chi connectivity index (χ1n) is 8.69. The molecule has 2 aromatic heterocycles. The van der Waals surface area contributed by atoms with E-state index in [1.165, 1.54) is 11.1 Å². The van der Waals surface area contributed by atoms with Gasteiger partial charge in [-0.15, -0.1) is 5.10 Å². The number of nitrogens with one attached hydrogen (secondary N) is 2. The second-order valence-corrected chi connectivity index (χ2v) is 6.29. The Balaban J connectivity index is 1.37. The van der Waals surface area contributed by atoms with Gasteiger partial charge in [0.15, 0.2) is 5.69 Å². The summed E-state index contributed by atoms with van der Waals surface area (Å²) in [4.78, 5) is 16.6. The van der Waals surface area contributed by atoms with Crippen molar-refractivity contribution in [1.82, 2.24) is 30.6 Å². The van der Waals surface area contributed by atoms with Crippen LogP contribution >= 0.6 is 0 Å². The van der Waals surface area contributed by atoms with Crippen LogP contribution in [0.15, 0.2) is 54.9 Å². The number of pyridine rings is 1. The number of rotatable bonds is 5. The molecule has 4 rings (SSSR count). The van der Waals surface area contributed by atoms with Gasteiger partial charge in [0, 0.05) is 18.8 Å². The first-order chi connectivity index (χ1) is 12.8. The van der Waals surface area contributed by atoms with Crippen molar-refractivity contribution in [2.24, 2.45) is 0 Å². The molecule has 26 heavy (non-hydrogen) atoms. The molecule has 0 bridgehead atoms. The predicted molar refractivity (Wildman–Crippen MR) is 96.6 cm³/mol. The smallest absolute Gasteiger partial charge is 0.273 e. The van der Waals surface area contributed by atoms with Crippen molar-refractivity contribution in [2.75, 3.05) is 13.1 Å². The van der Waals surface area contributed by atoms with Crippen LogP contribution in [-0.2, 0) is 13.0 Å². The van der Waals surface area contributed by atoms with Crippen LogP contribution in [0.25, 0.3) is 0 Å². The van der Waals surface area contributed by atoms with Crippen LogP contribution in [0.2, 0.25) is 0 Å². The maximum atomic E-state index is 12.4. The molecule has 3 aromatic rings. The van der Waals surface area contributed by atoms with Gasteiger partial charge in [-0.25, -0.2) is 4.68 Å². The van der Waals surface area contributed by atoms with Crippen LogP contribution in [0.5, 0.6) is 0 Å². The molecule has 2 N–H and O–H groups in total. The third-order valence-corrected chi connectivity index (χ3v) is 4.50. The van der Waals surface area contributed by atoms with Crippen molar-refractivity contribution >= 4 is 5.91 Å². The van der Waals surface area contributed by atoms with Crippen molar-refractivity contribution in [3.8, 4) is 0 Å². The van der Waals surface area contributed by atoms with Gasteiger partial charge in [0.1, 0.15) is 0 Å². The lowest BCUT2D eigenvalue weighted by molar-refractivity contribution is 0.0944. The second kappa shape index (κ2) is 7.45. The van der Waals surface area contributed by atoms with E-state index >= 15 is 0 Å². The van der Waals surface area contributed by atoms with Crippen molar-refractivity contribution in [1.29, 1.82) is 0 Å². The minimum Gasteiger partial charge on any atom is -0.349 e. The minimum absolute atomic E-state index is 0.118. The SMILES string of the molecule is O=C(NCC1NCCc2ccccc21)c1cn(Cc2ccccn2)nn1. The highest BCUT2D eigenvalue weighted by molar-refractivity contribution is 5.91. The van der Waals surface area contributed by atoms with E-state index < -0.39 is 0 Å². The molecule has 1 aromatic carbocycles. The molecule has 1 aliphatic rings. The fraction of sp³-hybridized carbons (Fsp3) is 0.263. The summed E-state index contributed by atoms with van der Waals surface area (Å²) in [6.45, 7) is 1.92. The molecule has 1 atom stereocenters. The van der Waals surface area contributed by atoms with Crippen LogP contribution in [-0.4, -0.2) is 39.0 Å². The average molecular weight is 348 g/mol. The molecule has 3 heterocycles. The zero-order valence-corrected chi connectivity index (χ0v) is 14.3. The van der Waals surface area contributed by atoms with Crippen LogP contribution in [0.3, 0.4) is 0 Å². The first-order valence-corrected chi connectivity index (χ1v) is 8.69. The van der Waals surface area contributed by atoms with Crippen LogP contribution in [0.4, 0.5) is 0 Å². The van der Waals surface area contributed by atoms with E-state index in [1.54, 1.807) is 17.1 Å². The average Bonchev–Trinajstić information content (AvgIpc) is 3.15. The summed E-state index contributed by atoms with van der Waals surface area (Å²) in [7, 11) is 0. The molecule has 0 saturated heterocycles. The molecule has 0 saturated carbocycles. The summed E-state index contributed by atoms with van der Waals surface area (Å²) < 4.78 is 1.62. The molecule has 132 valence electrons. The van der Waals surface area contributed by atoms with E-state index in [1.807, 2.05) is 24.3 Å². The van der Waals surface area contributed by atoms with Crippen molar-refractivity contribution in [3.63, 3.8) is 0 Å². The third-order valence-electron chi connectivity index (χ3n) is 4.50. The fourth-order valence-electron chi connectivity index (χ4n) is 3.20. The summed E-state index contributed by atoms with van der Waals surface area (Å²) >= 11 is 0. The highest BCUT2D eigenvalue weighted by Gasteiger charge is 2.20. The number of nitrogens with zero attached hydrogens (tertiary/aromatic N) is 4. The lowest BCUT2D eigenvalue weighted by atomic mass is 9.94. The van der Waals surface area contributed by atoms with Gasteiger partial charge in [-0.2, -0.15) is 0 Å². The van der Waals surface area contributed by atoms with E-state index in [9.17, 15) is 4.79 Å². The molecule has 7 nitrogen and oxygen atoms in total. The zero-order valence-electron chi connectivity index (χ0n) is 14.3. The number of hydrogen-bond acceptors (Lipinski definition) is 5. The van der Waals surface area contributed by atoms with Gasteiger partial charge in [-0.3, -0.25) is 9.78 Å². The summed E-state index contributed by atoms with van der Waals surface area (Å²) in [6, 6.07) is 14.2. The number of carbonyl (C=O) groups excluding carboxylic acids is 1. The number of fused-ring (bicyclic) bond motifs is 1. The molecule has 0 spiro atoms. The lowest BCUT2D eigenvalue weighted by Crippen LogP contribution is -2.38. The minimum atomic E-state index is -0.220. The lowest BCUT2D eigenvalue weighted by Gasteiger charge is -2.27. The third kappa shape index (κ3) is 3.62. The monoisotopic (exact) mass is 348 g/mol. The molecule has 0 aliphatic carbocycles. The fourth-order valence-corrected chi connectivity index (χ4v) is 3.20. The van der Waals surface area contributed by atoms with E-state index in [0.29, 0.717) is 18.8 Å². The van der Waals surface area contributed by atoms with Gasteiger partial charge >= 0.3 is 0 Å². The summed E-state index contributed by atoms with van der Waals surface area (Å²) in [5, 5.41) is 14.4. The van der Waals surface area contributed by atoms with Crippen LogP contribution in [0, 0.1) is 0 Å². The Labute approximate surface area is 151 Å². The van der Waals surface area contributed by atoms with E-state index in [2.05, 4.69) is 44.1 Å². The zero-order chi connectivity index (χ0) is 17.8. The largest absolute Gasteiger partial charge is 0.349 e. The maximum absolute atomic E-state index is 12.4. The van der Waals surface area contributed by atoms with Gasteiger partial charge in [0.2, 0.25) is 0 Å². The van der Waals surface area contributed by atoms with Gasteiger partial charge in [-0.05, 0) is 36.2 Å². The molecule has 7 heteroatoms. The van der Waals surface area contributed by atoms with Gasteiger partial charge in [0.05, 0.1) is 18.4 Å². The number of carbonyl (C=O) groups is 1.